The first-order chi connectivity index (χ1) is 14.4. The molecule has 5 aromatic rings. The van der Waals surface area contributed by atoms with Crippen molar-refractivity contribution >= 4 is 37.5 Å². The van der Waals surface area contributed by atoms with Crippen LogP contribution in [-0.2, 0) is 6.42 Å². The number of hydrogen-bond donors (Lipinski definition) is 0. The second-order valence-electron chi connectivity index (χ2n) is 7.35. The van der Waals surface area contributed by atoms with Crippen molar-refractivity contribution < 1.29 is 0 Å². The number of fused-ring (bicyclic) bond motifs is 2. The SMILES string of the molecule is BrCCc1ccc2c(-c3ccccc3)c3ccccc3c(-c3ccccc3)c2c1. The minimum Gasteiger partial charge on any atom is -0.0924 e. The fourth-order valence-corrected chi connectivity index (χ4v) is 4.78. The molecule has 0 atom stereocenters. The van der Waals surface area contributed by atoms with Gasteiger partial charge in [0.25, 0.3) is 0 Å². The number of aryl methyl sites for hydroxylation is 1. The van der Waals surface area contributed by atoms with Gasteiger partial charge in [0.15, 0.2) is 0 Å². The van der Waals surface area contributed by atoms with Crippen LogP contribution in [-0.4, -0.2) is 5.33 Å². The van der Waals surface area contributed by atoms with Crippen LogP contribution in [0.25, 0.3) is 43.8 Å². The van der Waals surface area contributed by atoms with Crippen molar-refractivity contribution in [2.45, 2.75) is 6.42 Å². The van der Waals surface area contributed by atoms with Crippen molar-refractivity contribution in [1.29, 1.82) is 0 Å². The van der Waals surface area contributed by atoms with E-state index in [1.165, 1.54) is 49.4 Å². The number of alkyl halides is 1. The van der Waals surface area contributed by atoms with Gasteiger partial charge < -0.3 is 0 Å². The standard InChI is InChI=1S/C28H21Br/c29-18-17-20-15-16-25-26(19-20)28(22-11-5-2-6-12-22)24-14-8-7-13-23(24)27(25)21-9-3-1-4-10-21/h1-16,19H,17-18H2. The smallest absolute Gasteiger partial charge is 0.00718 e. The number of benzene rings is 5. The van der Waals surface area contributed by atoms with Crippen LogP contribution in [0.3, 0.4) is 0 Å². The van der Waals surface area contributed by atoms with Crippen molar-refractivity contribution in [3.05, 3.63) is 109 Å². The van der Waals surface area contributed by atoms with E-state index in [4.69, 9.17) is 0 Å². The highest BCUT2D eigenvalue weighted by molar-refractivity contribution is 9.09. The van der Waals surface area contributed by atoms with E-state index in [0.717, 1.165) is 11.8 Å². The summed E-state index contributed by atoms with van der Waals surface area (Å²) in [7, 11) is 0. The van der Waals surface area contributed by atoms with Gasteiger partial charge in [-0.25, -0.2) is 0 Å². The maximum Gasteiger partial charge on any atom is 0.00718 e. The number of rotatable bonds is 4. The molecule has 29 heavy (non-hydrogen) atoms. The van der Waals surface area contributed by atoms with Gasteiger partial charge in [-0.15, -0.1) is 0 Å². The molecule has 0 aromatic heterocycles. The lowest BCUT2D eigenvalue weighted by Crippen LogP contribution is -1.93. The molecule has 0 fully saturated rings. The van der Waals surface area contributed by atoms with Crippen LogP contribution in [0.15, 0.2) is 103 Å². The Morgan fingerprint density at radius 2 is 0.966 bits per heavy atom. The molecule has 0 nitrogen and oxygen atoms in total. The molecule has 0 radical (unpaired) electrons. The Balaban J connectivity index is 1.98. The summed E-state index contributed by atoms with van der Waals surface area (Å²) in [6, 6.07) is 37.4. The summed E-state index contributed by atoms with van der Waals surface area (Å²) >= 11 is 3.60. The summed E-state index contributed by atoms with van der Waals surface area (Å²) in [6.07, 6.45) is 1.03. The molecule has 0 spiro atoms. The predicted molar refractivity (Wildman–Crippen MR) is 130 cm³/mol. The van der Waals surface area contributed by atoms with E-state index in [1.54, 1.807) is 0 Å². The van der Waals surface area contributed by atoms with E-state index in [2.05, 4.69) is 119 Å². The van der Waals surface area contributed by atoms with Gasteiger partial charge in [-0.05, 0) is 55.8 Å². The lowest BCUT2D eigenvalue weighted by molar-refractivity contribution is 1.18. The van der Waals surface area contributed by atoms with Gasteiger partial charge in [0.2, 0.25) is 0 Å². The Kier molecular flexibility index (Phi) is 4.91. The molecule has 0 bridgehead atoms. The molecular weight excluding hydrogens is 416 g/mol. The third kappa shape index (κ3) is 3.26. The Morgan fingerprint density at radius 1 is 0.483 bits per heavy atom. The second kappa shape index (κ2) is 7.85. The van der Waals surface area contributed by atoms with Crippen molar-refractivity contribution in [3.8, 4) is 22.3 Å². The number of halogens is 1. The Morgan fingerprint density at radius 3 is 1.52 bits per heavy atom. The first-order valence-corrected chi connectivity index (χ1v) is 11.1. The van der Waals surface area contributed by atoms with Gasteiger partial charge in [0.1, 0.15) is 0 Å². The van der Waals surface area contributed by atoms with Crippen LogP contribution < -0.4 is 0 Å². The highest BCUT2D eigenvalue weighted by Crippen LogP contribution is 2.43. The van der Waals surface area contributed by atoms with Crippen LogP contribution in [0.5, 0.6) is 0 Å². The molecule has 0 N–H and O–H groups in total. The molecular formula is C28H21Br. The molecule has 0 aliphatic heterocycles. The van der Waals surface area contributed by atoms with Crippen molar-refractivity contribution in [3.63, 3.8) is 0 Å². The predicted octanol–water partition coefficient (Wildman–Crippen LogP) is 8.26. The summed E-state index contributed by atoms with van der Waals surface area (Å²) in [5.41, 5.74) is 6.54. The average Bonchev–Trinajstić information content (AvgIpc) is 2.79. The highest BCUT2D eigenvalue weighted by Gasteiger charge is 2.16. The largest absolute Gasteiger partial charge is 0.0924 e. The van der Waals surface area contributed by atoms with Gasteiger partial charge in [-0.2, -0.15) is 0 Å². The van der Waals surface area contributed by atoms with Gasteiger partial charge in [0, 0.05) is 5.33 Å². The van der Waals surface area contributed by atoms with E-state index in [9.17, 15) is 0 Å². The molecule has 140 valence electrons. The summed E-state index contributed by atoms with van der Waals surface area (Å²) in [5, 5.41) is 6.22. The van der Waals surface area contributed by atoms with Gasteiger partial charge in [-0.1, -0.05) is 119 Å². The lowest BCUT2D eigenvalue weighted by atomic mass is 9.85. The molecule has 5 aromatic carbocycles. The maximum atomic E-state index is 3.60. The summed E-state index contributed by atoms with van der Waals surface area (Å²) < 4.78 is 0. The van der Waals surface area contributed by atoms with Crippen molar-refractivity contribution in [2.24, 2.45) is 0 Å². The van der Waals surface area contributed by atoms with E-state index in [0.29, 0.717) is 0 Å². The average molecular weight is 437 g/mol. The third-order valence-corrected chi connectivity index (χ3v) is 5.99. The molecule has 0 heterocycles. The topological polar surface area (TPSA) is 0 Å². The molecule has 1 heteroatoms. The zero-order valence-corrected chi connectivity index (χ0v) is 17.7. The zero-order chi connectivity index (χ0) is 19.6. The van der Waals surface area contributed by atoms with Gasteiger partial charge in [-0.3, -0.25) is 0 Å². The quantitative estimate of drug-likeness (QED) is 0.196. The number of hydrogen-bond acceptors (Lipinski definition) is 0. The van der Waals surface area contributed by atoms with E-state index >= 15 is 0 Å². The molecule has 0 aliphatic rings. The summed E-state index contributed by atoms with van der Waals surface area (Å²) in [6.45, 7) is 0. The molecule has 0 amide bonds. The van der Waals surface area contributed by atoms with Crippen molar-refractivity contribution in [1.82, 2.24) is 0 Å². The molecule has 0 aliphatic carbocycles. The van der Waals surface area contributed by atoms with Crippen LogP contribution in [0, 0.1) is 0 Å². The fraction of sp³-hybridized carbons (Fsp3) is 0.0714. The lowest BCUT2D eigenvalue weighted by Gasteiger charge is -2.18. The van der Waals surface area contributed by atoms with Crippen molar-refractivity contribution in [2.75, 3.05) is 5.33 Å². The van der Waals surface area contributed by atoms with Gasteiger partial charge >= 0.3 is 0 Å². The molecule has 0 saturated heterocycles. The molecule has 0 saturated carbocycles. The fourth-order valence-electron chi connectivity index (χ4n) is 4.32. The Labute approximate surface area is 180 Å². The Hall–Kier alpha value is -2.90. The van der Waals surface area contributed by atoms with Crippen LogP contribution in [0.4, 0.5) is 0 Å². The van der Waals surface area contributed by atoms with E-state index in [1.807, 2.05) is 0 Å². The minimum atomic E-state index is 0.971. The second-order valence-corrected chi connectivity index (χ2v) is 8.14. The monoisotopic (exact) mass is 436 g/mol. The zero-order valence-electron chi connectivity index (χ0n) is 16.1. The summed E-state index contributed by atoms with van der Waals surface area (Å²) in [5.74, 6) is 0. The third-order valence-electron chi connectivity index (χ3n) is 5.60. The Bertz CT molecular complexity index is 1290. The molecule has 0 unspecified atom stereocenters. The van der Waals surface area contributed by atoms with Crippen LogP contribution in [0.1, 0.15) is 5.56 Å². The molecule has 5 rings (SSSR count). The highest BCUT2D eigenvalue weighted by atomic mass is 79.9. The summed E-state index contributed by atoms with van der Waals surface area (Å²) in [4.78, 5) is 0. The first-order valence-electron chi connectivity index (χ1n) is 10.0. The first kappa shape index (κ1) is 18.1. The normalized spacial score (nSPS) is 11.2. The van der Waals surface area contributed by atoms with Crippen LogP contribution >= 0.6 is 15.9 Å². The van der Waals surface area contributed by atoms with E-state index in [-0.39, 0.29) is 0 Å². The maximum absolute atomic E-state index is 3.60. The van der Waals surface area contributed by atoms with Gasteiger partial charge in [0.05, 0.1) is 0 Å². The van der Waals surface area contributed by atoms with Crippen LogP contribution in [0.2, 0.25) is 0 Å². The minimum absolute atomic E-state index is 0.971. The van der Waals surface area contributed by atoms with E-state index < -0.39 is 0 Å².